The zero-order chi connectivity index (χ0) is 23.3. The summed E-state index contributed by atoms with van der Waals surface area (Å²) in [6.45, 7) is 3.85. The number of aryl methyl sites for hydroxylation is 2. The molecule has 0 radical (unpaired) electrons. The standard InChI is InChI=1S/C24H26N4O3S/c1-7-20-19(10-8-17-12-21(16(2)25-14-17)28-32(5,6)29)24(27-15-26-20)18-9-11-22(30-3)23(13-18)31-4/h9,11-15H,5,7H2,1-4,6H3,(H,28,29). The molecule has 3 rings (SSSR count). The van der Waals surface area contributed by atoms with Gasteiger partial charge in [-0.3, -0.25) is 4.98 Å². The van der Waals surface area contributed by atoms with Gasteiger partial charge in [-0.2, -0.15) is 0 Å². The van der Waals surface area contributed by atoms with Crippen molar-refractivity contribution >= 4 is 21.3 Å². The number of ether oxygens (including phenoxy) is 2. The molecule has 1 atom stereocenters. The Morgan fingerprint density at radius 1 is 1.09 bits per heavy atom. The molecule has 2 heterocycles. The van der Waals surface area contributed by atoms with Gasteiger partial charge in [0, 0.05) is 33.3 Å². The van der Waals surface area contributed by atoms with Crippen molar-refractivity contribution in [2.75, 3.05) is 25.2 Å². The molecule has 0 saturated heterocycles. The predicted octanol–water partition coefficient (Wildman–Crippen LogP) is 3.50. The lowest BCUT2D eigenvalue weighted by Gasteiger charge is -2.11. The Balaban J connectivity index is 2.10. The fourth-order valence-corrected chi connectivity index (χ4v) is 3.77. The Kier molecular flexibility index (Phi) is 7.01. The van der Waals surface area contributed by atoms with Gasteiger partial charge in [0.05, 0.1) is 42.6 Å². The Morgan fingerprint density at radius 2 is 1.84 bits per heavy atom. The monoisotopic (exact) mass is 450 g/mol. The van der Waals surface area contributed by atoms with Crippen molar-refractivity contribution in [1.29, 1.82) is 0 Å². The molecule has 0 saturated carbocycles. The zero-order valence-electron chi connectivity index (χ0n) is 18.9. The average Bonchev–Trinajstić information content (AvgIpc) is 2.77. The Hall–Kier alpha value is -3.57. The maximum atomic E-state index is 12.1. The molecule has 8 heteroatoms. The molecule has 32 heavy (non-hydrogen) atoms. The second kappa shape index (κ2) is 9.71. The van der Waals surface area contributed by atoms with Gasteiger partial charge in [-0.1, -0.05) is 18.8 Å². The average molecular weight is 451 g/mol. The molecule has 0 amide bonds. The molecular weight excluding hydrogens is 424 g/mol. The number of aromatic nitrogens is 3. The van der Waals surface area contributed by atoms with E-state index < -0.39 is 9.71 Å². The summed E-state index contributed by atoms with van der Waals surface area (Å²) < 4.78 is 25.7. The van der Waals surface area contributed by atoms with E-state index in [1.165, 1.54) is 12.6 Å². The van der Waals surface area contributed by atoms with Gasteiger partial charge in [0.15, 0.2) is 11.5 Å². The highest BCUT2D eigenvalue weighted by Crippen LogP contribution is 2.33. The molecule has 0 spiro atoms. The molecule has 2 aromatic heterocycles. The fraction of sp³-hybridized carbons (Fsp3) is 0.250. The lowest BCUT2D eigenvalue weighted by Crippen LogP contribution is -2.11. The first-order valence-corrected chi connectivity index (χ1v) is 12.0. The highest BCUT2D eigenvalue weighted by atomic mass is 32.2. The van der Waals surface area contributed by atoms with Gasteiger partial charge in [-0.25, -0.2) is 14.2 Å². The van der Waals surface area contributed by atoms with E-state index in [0.717, 1.165) is 22.5 Å². The minimum Gasteiger partial charge on any atom is -0.493 e. The number of hydrogen-bond acceptors (Lipinski definition) is 6. The number of anilines is 1. The summed E-state index contributed by atoms with van der Waals surface area (Å²) in [6, 6.07) is 7.43. The smallest absolute Gasteiger partial charge is 0.161 e. The van der Waals surface area contributed by atoms with E-state index in [2.05, 4.69) is 37.4 Å². The molecule has 3 aromatic rings. The van der Waals surface area contributed by atoms with Gasteiger partial charge in [0.1, 0.15) is 6.33 Å². The summed E-state index contributed by atoms with van der Waals surface area (Å²) in [4.78, 5) is 13.3. The minimum atomic E-state index is -2.43. The van der Waals surface area contributed by atoms with E-state index in [-0.39, 0.29) is 0 Å². The van der Waals surface area contributed by atoms with E-state index in [0.29, 0.717) is 34.9 Å². The van der Waals surface area contributed by atoms with Crippen LogP contribution >= 0.6 is 0 Å². The van der Waals surface area contributed by atoms with E-state index in [1.54, 1.807) is 20.4 Å². The van der Waals surface area contributed by atoms with E-state index in [4.69, 9.17) is 9.47 Å². The maximum Gasteiger partial charge on any atom is 0.161 e. The molecule has 7 nitrogen and oxygen atoms in total. The van der Waals surface area contributed by atoms with Crippen molar-refractivity contribution in [1.82, 2.24) is 15.0 Å². The van der Waals surface area contributed by atoms with Crippen molar-refractivity contribution in [2.45, 2.75) is 20.3 Å². The molecule has 0 aliphatic rings. The van der Waals surface area contributed by atoms with Gasteiger partial charge >= 0.3 is 0 Å². The summed E-state index contributed by atoms with van der Waals surface area (Å²) in [5, 5.41) is 0. The minimum absolute atomic E-state index is 0.607. The topological polar surface area (TPSA) is 86.2 Å². The third-order valence-electron chi connectivity index (χ3n) is 4.66. The first-order valence-electron chi connectivity index (χ1n) is 9.90. The lowest BCUT2D eigenvalue weighted by molar-refractivity contribution is 0.355. The number of methoxy groups -OCH3 is 2. The van der Waals surface area contributed by atoms with Crippen LogP contribution in [0.4, 0.5) is 5.69 Å². The highest BCUT2D eigenvalue weighted by molar-refractivity contribution is 8.00. The summed E-state index contributed by atoms with van der Waals surface area (Å²) in [5.41, 5.74) is 5.15. The lowest BCUT2D eigenvalue weighted by atomic mass is 10.0. The molecule has 1 N–H and O–H groups in total. The molecule has 166 valence electrons. The highest BCUT2D eigenvalue weighted by Gasteiger charge is 2.13. The SMILES string of the molecule is C=S(C)(=O)Nc1cc(C#Cc2c(CC)ncnc2-c2ccc(OC)c(OC)c2)cnc1C. The van der Waals surface area contributed by atoms with Gasteiger partial charge in [-0.15, -0.1) is 0 Å². The van der Waals surface area contributed by atoms with Crippen molar-refractivity contribution in [2.24, 2.45) is 0 Å². The normalized spacial score (nSPS) is 12.3. The van der Waals surface area contributed by atoms with Crippen molar-refractivity contribution in [3.8, 4) is 34.6 Å². The largest absolute Gasteiger partial charge is 0.493 e. The van der Waals surface area contributed by atoms with Crippen molar-refractivity contribution in [3.05, 3.63) is 59.3 Å². The van der Waals surface area contributed by atoms with Crippen LogP contribution in [0.2, 0.25) is 0 Å². The third-order valence-corrected chi connectivity index (χ3v) is 5.31. The fourth-order valence-electron chi connectivity index (χ4n) is 3.10. The number of nitrogens with zero attached hydrogens (tertiary/aromatic N) is 3. The third kappa shape index (κ3) is 5.37. The number of rotatable bonds is 6. The van der Waals surface area contributed by atoms with Gasteiger partial charge in [0.25, 0.3) is 0 Å². The number of pyridine rings is 1. The molecule has 0 fully saturated rings. The number of nitrogens with one attached hydrogen (secondary N) is 1. The zero-order valence-corrected chi connectivity index (χ0v) is 19.7. The summed E-state index contributed by atoms with van der Waals surface area (Å²) in [5.74, 6) is 11.3. The van der Waals surface area contributed by atoms with Crippen LogP contribution < -0.4 is 14.2 Å². The molecule has 1 aromatic carbocycles. The van der Waals surface area contributed by atoms with Gasteiger partial charge in [0.2, 0.25) is 0 Å². The number of benzene rings is 1. The van der Waals surface area contributed by atoms with Crippen LogP contribution in [0.25, 0.3) is 11.3 Å². The summed E-state index contributed by atoms with van der Waals surface area (Å²) >= 11 is 0. The summed E-state index contributed by atoms with van der Waals surface area (Å²) in [6.07, 6.45) is 5.46. The number of hydrogen-bond donors (Lipinski definition) is 1. The summed E-state index contributed by atoms with van der Waals surface area (Å²) in [7, 11) is 0.760. The molecule has 1 unspecified atom stereocenters. The van der Waals surface area contributed by atoms with Gasteiger partial charge < -0.3 is 14.2 Å². The predicted molar refractivity (Wildman–Crippen MR) is 130 cm³/mol. The van der Waals surface area contributed by atoms with E-state index in [1.807, 2.05) is 38.1 Å². The van der Waals surface area contributed by atoms with Crippen LogP contribution in [0, 0.1) is 18.8 Å². The maximum absolute atomic E-state index is 12.1. The van der Waals surface area contributed by atoms with Crippen molar-refractivity contribution in [3.63, 3.8) is 0 Å². The first-order chi connectivity index (χ1) is 15.3. The van der Waals surface area contributed by atoms with Crippen LogP contribution in [-0.2, 0) is 16.1 Å². The molecular formula is C24H26N4O3S. The van der Waals surface area contributed by atoms with Crippen LogP contribution in [0.3, 0.4) is 0 Å². The van der Waals surface area contributed by atoms with Crippen molar-refractivity contribution < 1.29 is 13.7 Å². The second-order valence-corrected chi connectivity index (χ2v) is 9.40. The Labute approximate surface area is 189 Å². The van der Waals surface area contributed by atoms with E-state index in [9.17, 15) is 4.21 Å². The molecule has 0 aliphatic carbocycles. The van der Waals surface area contributed by atoms with Crippen LogP contribution in [0.1, 0.15) is 29.4 Å². The molecule has 0 bridgehead atoms. The van der Waals surface area contributed by atoms with Crippen LogP contribution in [0.5, 0.6) is 11.5 Å². The van der Waals surface area contributed by atoms with Crippen LogP contribution in [0.15, 0.2) is 36.8 Å². The Bertz CT molecular complexity index is 1310. The Morgan fingerprint density at radius 3 is 2.50 bits per heavy atom. The van der Waals surface area contributed by atoms with E-state index >= 15 is 0 Å². The van der Waals surface area contributed by atoms with Gasteiger partial charge in [-0.05, 0) is 43.5 Å². The molecule has 0 aliphatic heterocycles. The second-order valence-electron chi connectivity index (χ2n) is 7.18. The van der Waals surface area contributed by atoms with Crippen LogP contribution in [-0.4, -0.2) is 45.5 Å². The first kappa shape index (κ1) is 23.1. The quantitative estimate of drug-likeness (QED) is 0.457.